The zero-order valence-corrected chi connectivity index (χ0v) is 15.2. The summed E-state index contributed by atoms with van der Waals surface area (Å²) in [5.74, 6) is 1.40. The summed E-state index contributed by atoms with van der Waals surface area (Å²) >= 11 is 1.98. The van der Waals surface area contributed by atoms with E-state index in [-0.39, 0.29) is 29.6 Å². The Morgan fingerprint density at radius 1 is 1.27 bits per heavy atom. The van der Waals surface area contributed by atoms with E-state index >= 15 is 0 Å². The average molecular weight is 349 g/mol. The fourth-order valence-electron chi connectivity index (χ4n) is 3.29. The summed E-state index contributed by atoms with van der Waals surface area (Å²) in [5.41, 5.74) is 0. The smallest absolute Gasteiger partial charge is 0.317 e. The summed E-state index contributed by atoms with van der Waals surface area (Å²) in [7, 11) is -2.99. The maximum atomic E-state index is 12.5. The van der Waals surface area contributed by atoms with E-state index in [0.717, 1.165) is 25.0 Å². The maximum absolute atomic E-state index is 12.5. The molecular weight excluding hydrogens is 320 g/mol. The van der Waals surface area contributed by atoms with E-state index in [0.29, 0.717) is 18.2 Å². The summed E-state index contributed by atoms with van der Waals surface area (Å²) in [6.45, 7) is 4.43. The van der Waals surface area contributed by atoms with Gasteiger partial charge in [0, 0.05) is 23.9 Å². The zero-order chi connectivity index (χ0) is 16.2. The molecule has 2 rings (SSSR count). The van der Waals surface area contributed by atoms with Crippen molar-refractivity contribution in [2.75, 3.05) is 23.8 Å². The average Bonchev–Trinajstić information content (AvgIpc) is 2.59. The van der Waals surface area contributed by atoms with Crippen LogP contribution in [0.5, 0.6) is 0 Å². The predicted octanol–water partition coefficient (Wildman–Crippen LogP) is 2.27. The SMILES string of the molecule is CCS[C@@H]1CCC[C@H](NC(=O)N2CCS(=O)(=O)CC[C@@H]2C)C1. The van der Waals surface area contributed by atoms with Gasteiger partial charge in [-0.1, -0.05) is 13.3 Å². The normalized spacial score (nSPS) is 32.3. The number of amides is 2. The van der Waals surface area contributed by atoms with E-state index < -0.39 is 9.84 Å². The van der Waals surface area contributed by atoms with Gasteiger partial charge in [-0.25, -0.2) is 13.2 Å². The van der Waals surface area contributed by atoms with Crippen molar-refractivity contribution in [3.05, 3.63) is 0 Å². The first-order valence-electron chi connectivity index (χ1n) is 8.30. The molecule has 0 unspecified atom stereocenters. The molecule has 1 heterocycles. The van der Waals surface area contributed by atoms with Crippen LogP contribution in [-0.4, -0.2) is 60.5 Å². The molecule has 0 aromatic rings. The van der Waals surface area contributed by atoms with Crippen molar-refractivity contribution in [1.82, 2.24) is 10.2 Å². The standard InChI is InChI=1S/C15H28N2O3S2/c1-3-21-14-6-4-5-13(11-14)16-15(18)17-8-10-22(19,20)9-7-12(17)2/h12-14H,3-11H2,1-2H3,(H,16,18)/t12-,13-,14+/m0/s1. The highest BCUT2D eigenvalue weighted by molar-refractivity contribution is 7.99. The van der Waals surface area contributed by atoms with Crippen molar-refractivity contribution in [3.63, 3.8) is 0 Å². The second-order valence-corrected chi connectivity index (χ2v) is 10.3. The van der Waals surface area contributed by atoms with E-state index in [1.54, 1.807) is 4.90 Å². The molecule has 5 nitrogen and oxygen atoms in total. The zero-order valence-electron chi connectivity index (χ0n) is 13.6. The molecular formula is C15H28N2O3S2. The molecule has 1 aliphatic heterocycles. The van der Waals surface area contributed by atoms with Crippen molar-refractivity contribution in [2.24, 2.45) is 0 Å². The van der Waals surface area contributed by atoms with Crippen molar-refractivity contribution >= 4 is 27.6 Å². The summed E-state index contributed by atoms with van der Waals surface area (Å²) in [4.78, 5) is 14.2. The monoisotopic (exact) mass is 348 g/mol. The molecule has 2 fully saturated rings. The van der Waals surface area contributed by atoms with Crippen molar-refractivity contribution in [2.45, 2.75) is 63.3 Å². The number of urea groups is 1. The fourth-order valence-corrected chi connectivity index (χ4v) is 5.84. The Morgan fingerprint density at radius 3 is 2.77 bits per heavy atom. The van der Waals surface area contributed by atoms with Crippen LogP contribution in [0.15, 0.2) is 0 Å². The molecule has 0 aromatic carbocycles. The number of carbonyl (C=O) groups excluding carboxylic acids is 1. The predicted molar refractivity (Wildman–Crippen MR) is 92.1 cm³/mol. The number of carbonyl (C=O) groups is 1. The minimum atomic E-state index is -2.99. The minimum Gasteiger partial charge on any atom is -0.335 e. The lowest BCUT2D eigenvalue weighted by atomic mass is 9.95. The topological polar surface area (TPSA) is 66.5 Å². The molecule has 0 spiro atoms. The highest BCUT2D eigenvalue weighted by atomic mass is 32.2. The van der Waals surface area contributed by atoms with Gasteiger partial charge < -0.3 is 10.2 Å². The third kappa shape index (κ3) is 5.05. The van der Waals surface area contributed by atoms with Crippen LogP contribution in [0.1, 0.15) is 46.0 Å². The summed E-state index contributed by atoms with van der Waals surface area (Å²) in [6.07, 6.45) is 5.00. The molecule has 1 saturated heterocycles. The van der Waals surface area contributed by atoms with Gasteiger partial charge in [-0.2, -0.15) is 11.8 Å². The van der Waals surface area contributed by atoms with Gasteiger partial charge in [-0.05, 0) is 38.4 Å². The number of nitrogens with zero attached hydrogens (tertiary/aromatic N) is 1. The first-order chi connectivity index (χ1) is 10.4. The molecule has 2 amide bonds. The first kappa shape index (κ1) is 17.9. The van der Waals surface area contributed by atoms with Gasteiger partial charge in [0.25, 0.3) is 0 Å². The van der Waals surface area contributed by atoms with Crippen LogP contribution in [0, 0.1) is 0 Å². The van der Waals surface area contributed by atoms with E-state index in [9.17, 15) is 13.2 Å². The van der Waals surface area contributed by atoms with Crippen molar-refractivity contribution < 1.29 is 13.2 Å². The summed E-state index contributed by atoms with van der Waals surface area (Å²) in [5, 5.41) is 3.79. The Hall–Kier alpha value is -0.430. The molecule has 0 radical (unpaired) electrons. The second kappa shape index (κ2) is 7.90. The number of rotatable bonds is 3. The van der Waals surface area contributed by atoms with Crippen LogP contribution >= 0.6 is 11.8 Å². The van der Waals surface area contributed by atoms with Crippen LogP contribution in [0.3, 0.4) is 0 Å². The van der Waals surface area contributed by atoms with Crippen molar-refractivity contribution in [3.8, 4) is 0 Å². The Kier molecular flexibility index (Phi) is 6.44. The van der Waals surface area contributed by atoms with E-state index in [4.69, 9.17) is 0 Å². The third-order valence-corrected chi connectivity index (χ3v) is 7.53. The molecule has 3 atom stereocenters. The van der Waals surface area contributed by atoms with Crippen LogP contribution in [0.25, 0.3) is 0 Å². The molecule has 22 heavy (non-hydrogen) atoms. The number of thioether (sulfide) groups is 1. The largest absolute Gasteiger partial charge is 0.335 e. The van der Waals surface area contributed by atoms with Gasteiger partial charge in [0.05, 0.1) is 11.5 Å². The second-order valence-electron chi connectivity index (χ2n) is 6.37. The highest BCUT2D eigenvalue weighted by Gasteiger charge is 2.30. The number of hydrogen-bond donors (Lipinski definition) is 1. The Morgan fingerprint density at radius 2 is 2.05 bits per heavy atom. The number of hydrogen-bond acceptors (Lipinski definition) is 4. The van der Waals surface area contributed by atoms with Gasteiger partial charge in [0.2, 0.25) is 0 Å². The van der Waals surface area contributed by atoms with Crippen LogP contribution in [0.2, 0.25) is 0 Å². The van der Waals surface area contributed by atoms with Gasteiger partial charge in [0.1, 0.15) is 0 Å². The Balaban J connectivity index is 1.90. The van der Waals surface area contributed by atoms with Gasteiger partial charge >= 0.3 is 6.03 Å². The van der Waals surface area contributed by atoms with Crippen molar-refractivity contribution in [1.29, 1.82) is 0 Å². The van der Waals surface area contributed by atoms with Gasteiger partial charge in [0.15, 0.2) is 9.84 Å². The molecule has 7 heteroatoms. The summed E-state index contributed by atoms with van der Waals surface area (Å²) < 4.78 is 23.5. The fraction of sp³-hybridized carbons (Fsp3) is 0.933. The number of nitrogens with one attached hydrogen (secondary N) is 1. The highest BCUT2D eigenvalue weighted by Crippen LogP contribution is 2.28. The lowest BCUT2D eigenvalue weighted by molar-refractivity contribution is 0.176. The molecule has 0 bridgehead atoms. The third-order valence-electron chi connectivity index (χ3n) is 4.64. The molecule has 0 aromatic heterocycles. The molecule has 128 valence electrons. The summed E-state index contributed by atoms with van der Waals surface area (Å²) in [6, 6.07) is 0.135. The Bertz CT molecular complexity index is 479. The molecule has 2 aliphatic rings. The quantitative estimate of drug-likeness (QED) is 0.850. The minimum absolute atomic E-state index is 0.0123. The lowest BCUT2D eigenvalue weighted by Gasteiger charge is -2.33. The maximum Gasteiger partial charge on any atom is 0.317 e. The van der Waals surface area contributed by atoms with Crippen LogP contribution in [0.4, 0.5) is 4.79 Å². The van der Waals surface area contributed by atoms with E-state index in [1.165, 1.54) is 6.42 Å². The molecule has 1 saturated carbocycles. The van der Waals surface area contributed by atoms with E-state index in [1.807, 2.05) is 18.7 Å². The van der Waals surface area contributed by atoms with Gasteiger partial charge in [-0.15, -0.1) is 0 Å². The first-order valence-corrected chi connectivity index (χ1v) is 11.2. The number of sulfone groups is 1. The van der Waals surface area contributed by atoms with Crippen LogP contribution < -0.4 is 5.32 Å². The molecule has 1 aliphatic carbocycles. The van der Waals surface area contributed by atoms with Gasteiger partial charge in [-0.3, -0.25) is 0 Å². The van der Waals surface area contributed by atoms with Crippen LogP contribution in [-0.2, 0) is 9.84 Å². The Labute approximate surface area is 138 Å². The molecule has 1 N–H and O–H groups in total. The lowest BCUT2D eigenvalue weighted by Crippen LogP contribution is -2.50. The van der Waals surface area contributed by atoms with E-state index in [2.05, 4.69) is 12.2 Å².